The van der Waals surface area contributed by atoms with Crippen LogP contribution in [0, 0.1) is 6.92 Å². The van der Waals surface area contributed by atoms with Crippen LogP contribution in [0.15, 0.2) is 0 Å². The van der Waals surface area contributed by atoms with Gasteiger partial charge in [0.2, 0.25) is 0 Å². The van der Waals surface area contributed by atoms with Crippen molar-refractivity contribution >= 4 is 0 Å². The molecule has 0 aromatic carbocycles. The topological polar surface area (TPSA) is 27.7 Å². The molecule has 0 saturated carbocycles. The zero-order chi connectivity index (χ0) is 6.62. The van der Waals surface area contributed by atoms with Crippen molar-refractivity contribution in [1.29, 1.82) is 0 Å². The van der Waals surface area contributed by atoms with Gasteiger partial charge in [-0.1, -0.05) is 0 Å². The van der Waals surface area contributed by atoms with Crippen LogP contribution in [-0.2, 0) is 35.9 Å². The summed E-state index contributed by atoms with van der Waals surface area (Å²) in [6, 6.07) is 0. The van der Waals surface area contributed by atoms with E-state index < -0.39 is 5.97 Å². The van der Waals surface area contributed by atoms with Gasteiger partial charge in [0, 0.05) is 43.0 Å². The van der Waals surface area contributed by atoms with E-state index >= 15 is 0 Å². The summed E-state index contributed by atoms with van der Waals surface area (Å²) < 4.78 is 14.0. The first-order valence-electron chi connectivity index (χ1n) is 2.19. The first-order valence-corrected chi connectivity index (χ1v) is 2.19. The minimum absolute atomic E-state index is 0. The predicted molar refractivity (Wildman–Crippen MR) is 29.1 cm³/mol. The van der Waals surface area contributed by atoms with E-state index in [1.807, 2.05) is 0 Å². The molecule has 0 spiro atoms. The molecule has 0 atom stereocenters. The van der Waals surface area contributed by atoms with Gasteiger partial charge in [-0.25, -0.2) is 0 Å². The first-order chi connectivity index (χ1) is 3.68. The van der Waals surface area contributed by atoms with E-state index in [9.17, 15) is 0 Å². The number of hydrogen-bond donors (Lipinski definition) is 0. The van der Waals surface area contributed by atoms with Crippen molar-refractivity contribution in [2.75, 3.05) is 21.3 Å². The monoisotopic (exact) mass is 167 g/mol. The van der Waals surface area contributed by atoms with Gasteiger partial charge < -0.3 is 14.2 Å². The van der Waals surface area contributed by atoms with Gasteiger partial charge in [0.25, 0.3) is 0 Å². The average molecular weight is 167 g/mol. The number of methoxy groups -OCH3 is 3. The molecule has 0 amide bonds. The van der Waals surface area contributed by atoms with Gasteiger partial charge in [0.1, 0.15) is 5.97 Å². The quantitative estimate of drug-likeness (QED) is 0.346. The molecule has 9 heavy (non-hydrogen) atoms. The molecule has 0 aliphatic rings. The second-order valence-electron chi connectivity index (χ2n) is 1.30. The van der Waals surface area contributed by atoms with Crippen LogP contribution in [0.4, 0.5) is 0 Å². The van der Waals surface area contributed by atoms with Gasteiger partial charge in [-0.05, 0) is 0 Å². The summed E-state index contributed by atoms with van der Waals surface area (Å²) in [5.41, 5.74) is 0. The van der Waals surface area contributed by atoms with Gasteiger partial charge >= 0.3 is 0 Å². The SMILES string of the molecule is [CH2-]C(OC)(OC)OC.[Ti]. The van der Waals surface area contributed by atoms with Crippen molar-refractivity contribution in [3.05, 3.63) is 6.92 Å². The maximum absolute atomic E-state index is 4.68. The van der Waals surface area contributed by atoms with Crippen molar-refractivity contribution in [2.24, 2.45) is 0 Å². The van der Waals surface area contributed by atoms with Gasteiger partial charge in [-0.2, -0.15) is 0 Å². The van der Waals surface area contributed by atoms with Crippen LogP contribution >= 0.6 is 0 Å². The van der Waals surface area contributed by atoms with E-state index in [4.69, 9.17) is 0 Å². The summed E-state index contributed by atoms with van der Waals surface area (Å²) in [5, 5.41) is 0. The van der Waals surface area contributed by atoms with Crippen molar-refractivity contribution in [2.45, 2.75) is 5.97 Å². The maximum Gasteiger partial charge on any atom is 0.145 e. The molecule has 0 fully saturated rings. The van der Waals surface area contributed by atoms with E-state index in [0.717, 1.165) is 0 Å². The Labute approximate surface area is 70.5 Å². The number of rotatable bonds is 3. The molecule has 0 aliphatic heterocycles. The van der Waals surface area contributed by atoms with Crippen molar-refractivity contribution in [3.63, 3.8) is 0 Å². The fourth-order valence-corrected chi connectivity index (χ4v) is 0.250. The number of hydrogen-bond acceptors (Lipinski definition) is 3. The Morgan fingerprint density at radius 1 is 1.00 bits per heavy atom. The van der Waals surface area contributed by atoms with Crippen LogP contribution in [0.2, 0.25) is 0 Å². The van der Waals surface area contributed by atoms with E-state index in [0.29, 0.717) is 0 Å². The second-order valence-corrected chi connectivity index (χ2v) is 1.30. The largest absolute Gasteiger partial charge is 0.358 e. The summed E-state index contributed by atoms with van der Waals surface area (Å²) in [4.78, 5) is 0. The summed E-state index contributed by atoms with van der Waals surface area (Å²) >= 11 is 0. The van der Waals surface area contributed by atoms with Crippen molar-refractivity contribution in [3.8, 4) is 0 Å². The van der Waals surface area contributed by atoms with E-state index in [1.54, 1.807) is 0 Å². The molecule has 0 unspecified atom stereocenters. The van der Waals surface area contributed by atoms with E-state index in [1.165, 1.54) is 21.3 Å². The van der Waals surface area contributed by atoms with E-state index in [-0.39, 0.29) is 21.7 Å². The molecular formula is C5H11O3Ti-. The summed E-state index contributed by atoms with van der Waals surface area (Å²) in [6.07, 6.45) is 0. The Morgan fingerprint density at radius 3 is 1.22 bits per heavy atom. The summed E-state index contributed by atoms with van der Waals surface area (Å²) in [7, 11) is 4.38. The molecular weight excluding hydrogens is 156 g/mol. The molecule has 0 heterocycles. The van der Waals surface area contributed by atoms with Gasteiger partial charge in [0.05, 0.1) is 0 Å². The van der Waals surface area contributed by atoms with Crippen LogP contribution in [0.3, 0.4) is 0 Å². The Morgan fingerprint density at radius 2 is 1.22 bits per heavy atom. The van der Waals surface area contributed by atoms with Crippen LogP contribution in [-0.4, -0.2) is 27.3 Å². The number of ether oxygens (including phenoxy) is 3. The molecule has 4 heteroatoms. The Bertz CT molecular complexity index is 55.0. The predicted octanol–water partition coefficient (Wildman–Crippen LogP) is 0.411. The Balaban J connectivity index is 0. The third-order valence-electron chi connectivity index (χ3n) is 0.933. The molecule has 0 aliphatic carbocycles. The van der Waals surface area contributed by atoms with Crippen molar-refractivity contribution < 1.29 is 35.9 Å². The first kappa shape index (κ1) is 12.3. The summed E-state index contributed by atoms with van der Waals surface area (Å²) in [5.74, 6) is -1.12. The molecule has 54 valence electrons. The Hall–Kier alpha value is 0.594. The van der Waals surface area contributed by atoms with E-state index in [2.05, 4.69) is 21.1 Å². The fourth-order valence-electron chi connectivity index (χ4n) is 0.250. The zero-order valence-corrected chi connectivity index (χ0v) is 7.49. The molecule has 0 N–H and O–H groups in total. The standard InChI is InChI=1S/C5H11O3.Ti/c1-5(6-2,7-3)8-4;/h1H2,2-4H3;/q-1;. The minimum Gasteiger partial charge on any atom is -0.358 e. The smallest absolute Gasteiger partial charge is 0.145 e. The zero-order valence-electron chi connectivity index (χ0n) is 5.93. The van der Waals surface area contributed by atoms with Gasteiger partial charge in [-0.3, -0.25) is 6.92 Å². The van der Waals surface area contributed by atoms with Gasteiger partial charge in [-0.15, -0.1) is 0 Å². The minimum atomic E-state index is -1.12. The molecule has 0 aromatic rings. The molecule has 0 saturated heterocycles. The molecule has 0 radical (unpaired) electrons. The third kappa shape index (κ3) is 4.06. The normalized spacial score (nSPS) is 10.7. The molecule has 0 rings (SSSR count). The fraction of sp³-hybridized carbons (Fsp3) is 0.800. The second kappa shape index (κ2) is 5.38. The molecule has 3 nitrogen and oxygen atoms in total. The van der Waals surface area contributed by atoms with Gasteiger partial charge in [0.15, 0.2) is 0 Å². The van der Waals surface area contributed by atoms with Crippen LogP contribution < -0.4 is 0 Å². The van der Waals surface area contributed by atoms with Crippen LogP contribution in [0.1, 0.15) is 0 Å². The average Bonchev–Trinajstić information content (AvgIpc) is 1.87. The summed E-state index contributed by atoms with van der Waals surface area (Å²) in [6.45, 7) is 3.46. The maximum atomic E-state index is 4.68. The van der Waals surface area contributed by atoms with Crippen LogP contribution in [0.5, 0.6) is 0 Å². The Kier molecular flexibility index (Phi) is 7.35. The van der Waals surface area contributed by atoms with Crippen LogP contribution in [0.25, 0.3) is 0 Å². The third-order valence-corrected chi connectivity index (χ3v) is 0.933. The molecule has 0 aromatic heterocycles. The molecule has 0 bridgehead atoms. The van der Waals surface area contributed by atoms with Crippen molar-refractivity contribution in [1.82, 2.24) is 0 Å².